The molecule has 0 bridgehead atoms. The Morgan fingerprint density at radius 2 is 2.05 bits per heavy atom. The molecule has 0 saturated heterocycles. The molecule has 7 nitrogen and oxygen atoms in total. The Balaban J connectivity index is 2.44. The van der Waals surface area contributed by atoms with Crippen molar-refractivity contribution in [2.75, 3.05) is 17.7 Å². The fourth-order valence-electron chi connectivity index (χ4n) is 2.14. The van der Waals surface area contributed by atoms with Crippen LogP contribution in [-0.2, 0) is 16.4 Å². The average Bonchev–Trinajstić information content (AvgIpc) is 2.96. The van der Waals surface area contributed by atoms with Gasteiger partial charge in [0.05, 0.1) is 17.4 Å². The van der Waals surface area contributed by atoms with Gasteiger partial charge in [-0.1, -0.05) is 0 Å². The lowest BCUT2D eigenvalue weighted by atomic mass is 10.2. The van der Waals surface area contributed by atoms with Crippen molar-refractivity contribution in [3.63, 3.8) is 0 Å². The molecule has 2 aromatic rings. The van der Waals surface area contributed by atoms with Gasteiger partial charge in [-0.3, -0.25) is 10.1 Å². The fraction of sp³-hybridized carbons (Fsp3) is 0.286. The zero-order valence-corrected chi connectivity index (χ0v) is 13.0. The molecule has 0 unspecified atom stereocenters. The van der Waals surface area contributed by atoms with E-state index in [4.69, 9.17) is 4.42 Å². The second kappa shape index (κ2) is 6.18. The molecule has 22 heavy (non-hydrogen) atoms. The quantitative estimate of drug-likeness (QED) is 0.599. The molecule has 8 heteroatoms. The van der Waals surface area contributed by atoms with Gasteiger partial charge >= 0.3 is 0 Å². The van der Waals surface area contributed by atoms with E-state index in [0.29, 0.717) is 18.8 Å². The molecule has 1 heterocycles. The molecule has 0 radical (unpaired) electrons. The highest BCUT2D eigenvalue weighted by Crippen LogP contribution is 2.29. The van der Waals surface area contributed by atoms with Crippen LogP contribution in [0.25, 0.3) is 0 Å². The number of hydrogen-bond donors (Lipinski definition) is 0. The van der Waals surface area contributed by atoms with Gasteiger partial charge in [0.15, 0.2) is 9.84 Å². The third kappa shape index (κ3) is 3.45. The van der Waals surface area contributed by atoms with Crippen LogP contribution in [0.4, 0.5) is 11.4 Å². The molecule has 0 aliphatic heterocycles. The smallest absolute Gasteiger partial charge is 0.288 e. The van der Waals surface area contributed by atoms with E-state index in [0.717, 1.165) is 11.8 Å². The van der Waals surface area contributed by atoms with Gasteiger partial charge in [0.2, 0.25) is 0 Å². The maximum absolute atomic E-state index is 11.8. The molecule has 1 aromatic heterocycles. The predicted molar refractivity (Wildman–Crippen MR) is 81.6 cm³/mol. The van der Waals surface area contributed by atoms with Crippen molar-refractivity contribution in [3.8, 4) is 0 Å². The minimum absolute atomic E-state index is 0.277. The normalized spacial score (nSPS) is 11.4. The Labute approximate surface area is 128 Å². The number of anilines is 1. The topological polar surface area (TPSA) is 93.7 Å². The Bertz CT molecular complexity index is 769. The van der Waals surface area contributed by atoms with E-state index in [2.05, 4.69) is 0 Å². The molecule has 2 rings (SSSR count). The number of rotatable bonds is 6. The third-order valence-electron chi connectivity index (χ3n) is 3.24. The van der Waals surface area contributed by atoms with Gasteiger partial charge in [-0.15, -0.1) is 0 Å². The summed E-state index contributed by atoms with van der Waals surface area (Å²) in [6.07, 6.45) is 4.12. The maximum atomic E-state index is 11.8. The first-order valence-corrected chi connectivity index (χ1v) is 8.46. The fourth-order valence-corrected chi connectivity index (χ4v) is 2.99. The summed E-state index contributed by atoms with van der Waals surface area (Å²) < 4.78 is 28.6. The van der Waals surface area contributed by atoms with Crippen LogP contribution >= 0.6 is 0 Å². The summed E-state index contributed by atoms with van der Waals surface area (Å²) in [7, 11) is -3.69. The summed E-state index contributed by atoms with van der Waals surface area (Å²) in [4.78, 5) is 11.9. The Morgan fingerprint density at radius 1 is 1.32 bits per heavy atom. The van der Waals surface area contributed by atoms with Crippen LogP contribution in [0.3, 0.4) is 0 Å². The molecule has 0 amide bonds. The van der Waals surface area contributed by atoms with Gasteiger partial charge in [-0.2, -0.15) is 0 Å². The monoisotopic (exact) mass is 324 g/mol. The van der Waals surface area contributed by atoms with Crippen LogP contribution in [-0.4, -0.2) is 26.1 Å². The van der Waals surface area contributed by atoms with Crippen molar-refractivity contribution in [2.45, 2.75) is 18.4 Å². The van der Waals surface area contributed by atoms with Gasteiger partial charge in [0.25, 0.3) is 5.69 Å². The molecule has 0 aliphatic carbocycles. The highest BCUT2D eigenvalue weighted by Gasteiger charge is 2.23. The van der Waals surface area contributed by atoms with Crippen LogP contribution < -0.4 is 4.90 Å². The molecule has 118 valence electrons. The van der Waals surface area contributed by atoms with E-state index >= 15 is 0 Å². The first-order valence-electron chi connectivity index (χ1n) is 6.57. The molecular weight excluding hydrogens is 308 g/mol. The largest absolute Gasteiger partial charge is 0.472 e. The Kier molecular flexibility index (Phi) is 4.51. The third-order valence-corrected chi connectivity index (χ3v) is 4.37. The van der Waals surface area contributed by atoms with Crippen LogP contribution in [0, 0.1) is 10.1 Å². The molecule has 1 aromatic carbocycles. The summed E-state index contributed by atoms with van der Waals surface area (Å²) >= 11 is 0. The summed E-state index contributed by atoms with van der Waals surface area (Å²) in [6, 6.07) is 5.93. The molecular formula is C14H16N2O5S. The summed E-state index contributed by atoms with van der Waals surface area (Å²) in [5.74, 6) is 0. The van der Waals surface area contributed by atoms with Crippen LogP contribution in [0.2, 0.25) is 0 Å². The molecule has 0 saturated carbocycles. The zero-order chi connectivity index (χ0) is 16.3. The molecule has 0 fully saturated rings. The first-order chi connectivity index (χ1) is 10.3. The van der Waals surface area contributed by atoms with Crippen LogP contribution in [0.5, 0.6) is 0 Å². The van der Waals surface area contributed by atoms with Gasteiger partial charge in [-0.05, 0) is 25.1 Å². The van der Waals surface area contributed by atoms with Crippen molar-refractivity contribution in [2.24, 2.45) is 0 Å². The molecule has 0 aliphatic rings. The number of hydrogen-bond acceptors (Lipinski definition) is 6. The van der Waals surface area contributed by atoms with Crippen molar-refractivity contribution in [3.05, 3.63) is 52.5 Å². The standard InChI is InChI=1S/C14H16N2O5S/c1-3-15(9-11-6-7-21-10-11)12-4-5-13(16(17)18)14(8-12)22(2,19)20/h4-8,10H,3,9H2,1-2H3. The minimum atomic E-state index is -3.69. The minimum Gasteiger partial charge on any atom is -0.472 e. The van der Waals surface area contributed by atoms with Crippen molar-refractivity contribution >= 4 is 21.2 Å². The molecule has 0 spiro atoms. The first kappa shape index (κ1) is 16.0. The van der Waals surface area contributed by atoms with Crippen molar-refractivity contribution in [1.29, 1.82) is 0 Å². The summed E-state index contributed by atoms with van der Waals surface area (Å²) in [6.45, 7) is 3.06. The average molecular weight is 324 g/mol. The zero-order valence-electron chi connectivity index (χ0n) is 12.2. The Morgan fingerprint density at radius 3 is 2.55 bits per heavy atom. The molecule has 0 atom stereocenters. The summed E-state index contributed by atoms with van der Waals surface area (Å²) in [5.41, 5.74) is 1.13. The SMILES string of the molecule is CCN(Cc1ccoc1)c1ccc([N+](=O)[O-])c(S(C)(=O)=O)c1. The second-order valence-corrected chi connectivity index (χ2v) is 6.81. The van der Waals surface area contributed by atoms with E-state index in [1.165, 1.54) is 12.1 Å². The lowest BCUT2D eigenvalue weighted by Crippen LogP contribution is -2.22. The van der Waals surface area contributed by atoms with Crippen LogP contribution in [0.15, 0.2) is 46.1 Å². The highest BCUT2D eigenvalue weighted by molar-refractivity contribution is 7.90. The molecule has 0 N–H and O–H groups in total. The second-order valence-electron chi connectivity index (χ2n) is 4.83. The van der Waals surface area contributed by atoms with E-state index in [-0.39, 0.29) is 4.90 Å². The van der Waals surface area contributed by atoms with Crippen molar-refractivity contribution < 1.29 is 17.8 Å². The summed E-state index contributed by atoms with van der Waals surface area (Å²) in [5, 5.41) is 11.0. The lowest BCUT2D eigenvalue weighted by molar-refractivity contribution is -0.387. The van der Waals surface area contributed by atoms with E-state index in [9.17, 15) is 18.5 Å². The van der Waals surface area contributed by atoms with E-state index < -0.39 is 20.4 Å². The van der Waals surface area contributed by atoms with Gasteiger partial charge < -0.3 is 9.32 Å². The van der Waals surface area contributed by atoms with Gasteiger partial charge in [-0.25, -0.2) is 8.42 Å². The number of furan rings is 1. The van der Waals surface area contributed by atoms with Crippen molar-refractivity contribution in [1.82, 2.24) is 0 Å². The number of sulfone groups is 1. The number of nitrogens with zero attached hydrogens (tertiary/aromatic N) is 2. The number of nitro benzene ring substituents is 1. The lowest BCUT2D eigenvalue weighted by Gasteiger charge is -2.22. The van der Waals surface area contributed by atoms with Gasteiger partial charge in [0, 0.05) is 36.7 Å². The van der Waals surface area contributed by atoms with E-state index in [1.54, 1.807) is 18.6 Å². The highest BCUT2D eigenvalue weighted by atomic mass is 32.2. The Hall–Kier alpha value is -2.35. The van der Waals surface area contributed by atoms with Crippen LogP contribution in [0.1, 0.15) is 12.5 Å². The number of nitro groups is 1. The number of benzene rings is 1. The maximum Gasteiger partial charge on any atom is 0.288 e. The van der Waals surface area contributed by atoms with Gasteiger partial charge in [0.1, 0.15) is 4.90 Å². The van der Waals surface area contributed by atoms with E-state index in [1.807, 2.05) is 17.9 Å². The predicted octanol–water partition coefficient (Wildman–Crippen LogP) is 2.62.